The van der Waals surface area contributed by atoms with Crippen molar-refractivity contribution >= 4 is 11.3 Å². The Balaban J connectivity index is 1.72. The molecule has 1 aliphatic rings. The van der Waals surface area contributed by atoms with Gasteiger partial charge in [0, 0.05) is 17.0 Å². The lowest BCUT2D eigenvalue weighted by Crippen LogP contribution is -2.21. The first-order valence-electron chi connectivity index (χ1n) is 6.43. The van der Waals surface area contributed by atoms with E-state index < -0.39 is 0 Å². The summed E-state index contributed by atoms with van der Waals surface area (Å²) < 4.78 is 10.8. The van der Waals surface area contributed by atoms with Crippen molar-refractivity contribution in [2.24, 2.45) is 0 Å². The number of rotatable bonds is 4. The van der Waals surface area contributed by atoms with Crippen LogP contribution in [-0.4, -0.2) is 6.79 Å². The summed E-state index contributed by atoms with van der Waals surface area (Å²) in [7, 11) is 0. The van der Waals surface area contributed by atoms with Crippen LogP contribution in [0.2, 0.25) is 0 Å². The van der Waals surface area contributed by atoms with Crippen LogP contribution in [0.4, 0.5) is 0 Å². The zero-order valence-electron chi connectivity index (χ0n) is 11.1. The Hall–Kier alpha value is -1.52. The van der Waals surface area contributed by atoms with E-state index in [9.17, 15) is 0 Å². The second-order valence-electron chi connectivity index (χ2n) is 4.74. The maximum absolute atomic E-state index is 5.42. The van der Waals surface area contributed by atoms with E-state index in [1.807, 2.05) is 6.07 Å². The van der Waals surface area contributed by atoms with Gasteiger partial charge in [0.1, 0.15) is 0 Å². The van der Waals surface area contributed by atoms with Gasteiger partial charge in [-0.2, -0.15) is 0 Å². The van der Waals surface area contributed by atoms with Crippen molar-refractivity contribution in [3.8, 4) is 11.5 Å². The molecule has 2 heterocycles. The Morgan fingerprint density at radius 3 is 2.74 bits per heavy atom. The summed E-state index contributed by atoms with van der Waals surface area (Å²) in [5.41, 5.74) is 1.22. The minimum Gasteiger partial charge on any atom is -0.454 e. The number of thiophene rings is 1. The molecule has 1 aromatic carbocycles. The van der Waals surface area contributed by atoms with Crippen LogP contribution in [0.5, 0.6) is 11.5 Å². The highest BCUT2D eigenvalue weighted by atomic mass is 32.1. The molecule has 1 aromatic heterocycles. The van der Waals surface area contributed by atoms with Crippen molar-refractivity contribution in [3.05, 3.63) is 46.2 Å². The highest BCUT2D eigenvalue weighted by Crippen LogP contribution is 2.34. The Morgan fingerprint density at radius 2 is 1.95 bits per heavy atom. The molecule has 2 aromatic rings. The third-order valence-electron chi connectivity index (χ3n) is 3.37. The van der Waals surface area contributed by atoms with Gasteiger partial charge in [0.15, 0.2) is 11.5 Å². The van der Waals surface area contributed by atoms with E-state index in [0.717, 1.165) is 11.5 Å². The van der Waals surface area contributed by atoms with E-state index in [1.54, 1.807) is 11.3 Å². The van der Waals surface area contributed by atoms with Crippen LogP contribution in [0.3, 0.4) is 0 Å². The molecule has 1 unspecified atom stereocenters. The van der Waals surface area contributed by atoms with Crippen molar-refractivity contribution in [3.63, 3.8) is 0 Å². The van der Waals surface area contributed by atoms with Crippen molar-refractivity contribution in [1.82, 2.24) is 5.32 Å². The molecule has 3 nitrogen and oxygen atoms in total. The highest BCUT2D eigenvalue weighted by molar-refractivity contribution is 7.10. The van der Waals surface area contributed by atoms with E-state index >= 15 is 0 Å². The highest BCUT2D eigenvalue weighted by Gasteiger charge is 2.17. The summed E-state index contributed by atoms with van der Waals surface area (Å²) in [5, 5.41) is 5.71. The molecular weight excluding hydrogens is 258 g/mol. The normalized spacial score (nSPS) is 16.3. The zero-order chi connectivity index (χ0) is 13.2. The molecule has 19 heavy (non-hydrogen) atoms. The van der Waals surface area contributed by atoms with E-state index in [1.165, 1.54) is 10.4 Å². The number of hydrogen-bond donors (Lipinski definition) is 1. The van der Waals surface area contributed by atoms with Crippen LogP contribution in [0.1, 0.15) is 36.4 Å². The summed E-state index contributed by atoms with van der Waals surface area (Å²) >= 11 is 1.78. The van der Waals surface area contributed by atoms with E-state index in [-0.39, 0.29) is 6.04 Å². The van der Waals surface area contributed by atoms with Crippen molar-refractivity contribution in [2.75, 3.05) is 6.79 Å². The lowest BCUT2D eigenvalue weighted by molar-refractivity contribution is 0.174. The van der Waals surface area contributed by atoms with Gasteiger partial charge in [0.25, 0.3) is 0 Å². The number of hydrogen-bond acceptors (Lipinski definition) is 4. The topological polar surface area (TPSA) is 30.5 Å². The van der Waals surface area contributed by atoms with Crippen LogP contribution in [0, 0.1) is 0 Å². The molecule has 0 aliphatic carbocycles. The second kappa shape index (κ2) is 5.23. The predicted octanol–water partition coefficient (Wildman–Crippen LogP) is 3.89. The fourth-order valence-corrected chi connectivity index (χ4v) is 3.02. The smallest absolute Gasteiger partial charge is 0.231 e. The van der Waals surface area contributed by atoms with Crippen molar-refractivity contribution in [2.45, 2.75) is 25.9 Å². The molecule has 0 saturated heterocycles. The Kier molecular flexibility index (Phi) is 3.44. The molecule has 0 radical (unpaired) electrons. The van der Waals surface area contributed by atoms with Gasteiger partial charge >= 0.3 is 0 Å². The number of benzene rings is 1. The molecule has 100 valence electrons. The Morgan fingerprint density at radius 1 is 1.11 bits per heavy atom. The lowest BCUT2D eigenvalue weighted by Gasteiger charge is -2.19. The van der Waals surface area contributed by atoms with Gasteiger partial charge in [-0.3, -0.25) is 0 Å². The minimum atomic E-state index is 0.270. The van der Waals surface area contributed by atoms with Gasteiger partial charge in [-0.25, -0.2) is 0 Å². The monoisotopic (exact) mass is 275 g/mol. The van der Waals surface area contributed by atoms with Crippen molar-refractivity contribution < 1.29 is 9.47 Å². The maximum atomic E-state index is 5.42. The molecule has 0 saturated carbocycles. The third-order valence-corrected chi connectivity index (χ3v) is 4.42. The number of ether oxygens (including phenoxy) is 2. The third kappa shape index (κ3) is 2.60. The zero-order valence-corrected chi connectivity index (χ0v) is 11.9. The first-order chi connectivity index (χ1) is 9.24. The number of fused-ring (bicyclic) bond motifs is 1. The van der Waals surface area contributed by atoms with E-state index in [2.05, 4.69) is 48.8 Å². The molecule has 3 rings (SSSR count). The quantitative estimate of drug-likeness (QED) is 0.918. The molecule has 0 amide bonds. The lowest BCUT2D eigenvalue weighted by atomic mass is 10.1. The molecule has 1 N–H and O–H groups in total. The molecule has 2 atom stereocenters. The van der Waals surface area contributed by atoms with Crippen LogP contribution >= 0.6 is 11.3 Å². The van der Waals surface area contributed by atoms with E-state index in [4.69, 9.17) is 9.47 Å². The molecule has 4 heteroatoms. The van der Waals surface area contributed by atoms with Gasteiger partial charge in [-0.05, 0) is 43.0 Å². The van der Waals surface area contributed by atoms with Crippen LogP contribution in [0.15, 0.2) is 35.7 Å². The summed E-state index contributed by atoms with van der Waals surface area (Å²) in [6.07, 6.45) is 0. The summed E-state index contributed by atoms with van der Waals surface area (Å²) in [6.45, 7) is 4.68. The van der Waals surface area contributed by atoms with Crippen LogP contribution < -0.4 is 14.8 Å². The fraction of sp³-hybridized carbons (Fsp3) is 0.333. The molecule has 0 spiro atoms. The average molecular weight is 275 g/mol. The summed E-state index contributed by atoms with van der Waals surface area (Å²) in [4.78, 5) is 1.35. The Bertz CT molecular complexity index is 553. The average Bonchev–Trinajstić information content (AvgIpc) is 3.09. The largest absolute Gasteiger partial charge is 0.454 e. The van der Waals surface area contributed by atoms with Gasteiger partial charge < -0.3 is 14.8 Å². The van der Waals surface area contributed by atoms with Gasteiger partial charge in [-0.1, -0.05) is 12.1 Å². The van der Waals surface area contributed by atoms with Crippen LogP contribution in [0.25, 0.3) is 0 Å². The SMILES string of the molecule is CC(N[C@@H](C)c1cccs1)c1ccc2c(c1)OCO2. The van der Waals surface area contributed by atoms with Crippen LogP contribution in [-0.2, 0) is 0 Å². The molecule has 0 bridgehead atoms. The standard InChI is InChI=1S/C15H17NO2S/c1-10(16-11(2)15-4-3-7-19-15)12-5-6-13-14(8-12)18-9-17-13/h3-8,10-11,16H,9H2,1-2H3/t10?,11-/m0/s1. The number of nitrogens with one attached hydrogen (secondary N) is 1. The maximum Gasteiger partial charge on any atom is 0.231 e. The fourth-order valence-electron chi connectivity index (χ4n) is 2.27. The first-order valence-corrected chi connectivity index (χ1v) is 7.31. The first kappa shape index (κ1) is 12.5. The molecular formula is C15H17NO2S. The Labute approximate surface area is 117 Å². The molecule has 0 fully saturated rings. The van der Waals surface area contributed by atoms with Gasteiger partial charge in [-0.15, -0.1) is 11.3 Å². The second-order valence-corrected chi connectivity index (χ2v) is 5.72. The van der Waals surface area contributed by atoms with Crippen molar-refractivity contribution in [1.29, 1.82) is 0 Å². The summed E-state index contributed by atoms with van der Waals surface area (Å²) in [5.74, 6) is 1.68. The summed E-state index contributed by atoms with van der Waals surface area (Å²) in [6, 6.07) is 11.0. The van der Waals surface area contributed by atoms with Gasteiger partial charge in [0.2, 0.25) is 6.79 Å². The predicted molar refractivity (Wildman–Crippen MR) is 76.8 cm³/mol. The van der Waals surface area contributed by atoms with E-state index in [0.29, 0.717) is 12.8 Å². The minimum absolute atomic E-state index is 0.270. The molecule has 1 aliphatic heterocycles. The van der Waals surface area contributed by atoms with Gasteiger partial charge in [0.05, 0.1) is 0 Å².